The van der Waals surface area contributed by atoms with Crippen LogP contribution in [0.15, 0.2) is 60.8 Å². The molecule has 0 aromatic carbocycles. The zero-order valence-electron chi connectivity index (χ0n) is 32.9. The van der Waals surface area contributed by atoms with E-state index in [2.05, 4.69) is 75.5 Å². The molecular weight excluding hydrogens is 620 g/mol. The van der Waals surface area contributed by atoms with Crippen LogP contribution in [0.1, 0.15) is 188 Å². The van der Waals surface area contributed by atoms with Crippen LogP contribution in [0.4, 0.5) is 0 Å². The molecule has 0 saturated carbocycles. The molecule has 0 saturated heterocycles. The molecule has 0 aromatic rings. The summed E-state index contributed by atoms with van der Waals surface area (Å²) in [6.07, 6.45) is 49.5. The Morgan fingerprint density at radius 1 is 0.460 bits per heavy atom. The summed E-state index contributed by atoms with van der Waals surface area (Å²) < 4.78 is 17.1. The van der Waals surface area contributed by atoms with Gasteiger partial charge < -0.3 is 14.2 Å². The lowest BCUT2D eigenvalue weighted by atomic mass is 10.1. The fourth-order valence-corrected chi connectivity index (χ4v) is 5.46. The zero-order chi connectivity index (χ0) is 36.4. The molecule has 0 N–H and O–H groups in total. The van der Waals surface area contributed by atoms with E-state index < -0.39 is 6.10 Å². The Labute approximate surface area is 309 Å². The third kappa shape index (κ3) is 38.4. The summed E-state index contributed by atoms with van der Waals surface area (Å²) in [6.45, 7) is 7.56. The maximum Gasteiger partial charge on any atom is 0.306 e. The summed E-state index contributed by atoms with van der Waals surface area (Å²) in [5, 5.41) is 0. The summed E-state index contributed by atoms with van der Waals surface area (Å²) in [7, 11) is 0. The number of hydrogen-bond donors (Lipinski definition) is 0. The molecule has 5 nitrogen and oxygen atoms in total. The number of carbonyl (C=O) groups excluding carboxylic acids is 2. The minimum atomic E-state index is -0.562. The fraction of sp³-hybridized carbons (Fsp3) is 0.733. The van der Waals surface area contributed by atoms with Gasteiger partial charge in [-0.05, 0) is 70.6 Å². The van der Waals surface area contributed by atoms with E-state index in [0.29, 0.717) is 25.9 Å². The molecule has 5 heteroatoms. The lowest BCUT2D eigenvalue weighted by Crippen LogP contribution is -2.30. The van der Waals surface area contributed by atoms with Crippen LogP contribution in [0.25, 0.3) is 0 Å². The van der Waals surface area contributed by atoms with Gasteiger partial charge in [0.05, 0.1) is 6.61 Å². The highest BCUT2D eigenvalue weighted by Gasteiger charge is 2.17. The molecule has 0 radical (unpaired) electrons. The fourth-order valence-electron chi connectivity index (χ4n) is 5.46. The number of unbranched alkanes of at least 4 members (excludes halogenated alkanes) is 16. The molecule has 0 aliphatic carbocycles. The number of carbonyl (C=O) groups is 2. The van der Waals surface area contributed by atoms with E-state index in [4.69, 9.17) is 14.2 Å². The highest BCUT2D eigenvalue weighted by molar-refractivity contribution is 5.70. The molecule has 288 valence electrons. The summed E-state index contributed by atoms with van der Waals surface area (Å²) in [6, 6.07) is 0. The molecule has 0 aliphatic heterocycles. The van der Waals surface area contributed by atoms with Crippen molar-refractivity contribution in [1.82, 2.24) is 0 Å². The van der Waals surface area contributed by atoms with Gasteiger partial charge in [0, 0.05) is 19.4 Å². The van der Waals surface area contributed by atoms with Gasteiger partial charge in [0.25, 0.3) is 0 Å². The van der Waals surface area contributed by atoms with Crippen molar-refractivity contribution in [2.75, 3.05) is 19.8 Å². The van der Waals surface area contributed by atoms with Crippen molar-refractivity contribution < 1.29 is 23.8 Å². The molecule has 1 atom stereocenters. The molecule has 0 fully saturated rings. The summed E-state index contributed by atoms with van der Waals surface area (Å²) in [4.78, 5) is 25.0. The normalized spacial score (nSPS) is 12.8. The van der Waals surface area contributed by atoms with Crippen LogP contribution < -0.4 is 0 Å². The first-order valence-electron chi connectivity index (χ1n) is 20.8. The minimum absolute atomic E-state index is 0.0446. The van der Waals surface area contributed by atoms with Crippen molar-refractivity contribution in [3.8, 4) is 0 Å². The van der Waals surface area contributed by atoms with Gasteiger partial charge in [0.1, 0.15) is 6.61 Å². The Hall–Kier alpha value is -2.40. The van der Waals surface area contributed by atoms with Crippen molar-refractivity contribution in [3.05, 3.63) is 60.8 Å². The predicted molar refractivity (Wildman–Crippen MR) is 214 cm³/mol. The van der Waals surface area contributed by atoms with E-state index in [-0.39, 0.29) is 25.2 Å². The average Bonchev–Trinajstić information content (AvgIpc) is 3.11. The first kappa shape index (κ1) is 47.6. The quantitative estimate of drug-likeness (QED) is 0.0367. The van der Waals surface area contributed by atoms with Gasteiger partial charge in [0.15, 0.2) is 6.10 Å². The maximum absolute atomic E-state index is 12.6. The number of esters is 2. The van der Waals surface area contributed by atoms with Crippen LogP contribution in [0.3, 0.4) is 0 Å². The number of allylic oxidation sites excluding steroid dienone is 10. The maximum atomic E-state index is 12.6. The molecule has 0 aliphatic rings. The average molecular weight is 699 g/mol. The number of ether oxygens (including phenoxy) is 3. The summed E-state index contributed by atoms with van der Waals surface area (Å²) >= 11 is 0. The monoisotopic (exact) mass is 699 g/mol. The Balaban J connectivity index is 4.29. The van der Waals surface area contributed by atoms with E-state index in [1.807, 2.05) is 6.08 Å². The second kappa shape index (κ2) is 41.0. The van der Waals surface area contributed by atoms with E-state index in [1.54, 1.807) is 0 Å². The van der Waals surface area contributed by atoms with Crippen molar-refractivity contribution in [2.24, 2.45) is 0 Å². The van der Waals surface area contributed by atoms with Gasteiger partial charge in [-0.25, -0.2) is 0 Å². The highest BCUT2D eigenvalue weighted by Crippen LogP contribution is 2.12. The van der Waals surface area contributed by atoms with Crippen molar-refractivity contribution >= 4 is 11.9 Å². The molecule has 0 spiro atoms. The highest BCUT2D eigenvalue weighted by atomic mass is 16.6. The van der Waals surface area contributed by atoms with Crippen LogP contribution in [0.5, 0.6) is 0 Å². The van der Waals surface area contributed by atoms with E-state index >= 15 is 0 Å². The lowest BCUT2D eigenvalue weighted by Gasteiger charge is -2.18. The van der Waals surface area contributed by atoms with Gasteiger partial charge in [-0.3, -0.25) is 9.59 Å². The Kier molecular flexibility index (Phi) is 39.1. The van der Waals surface area contributed by atoms with Gasteiger partial charge in [0.2, 0.25) is 0 Å². The third-order valence-electron chi connectivity index (χ3n) is 8.55. The number of rotatable bonds is 37. The topological polar surface area (TPSA) is 61.8 Å². The second-order valence-corrected chi connectivity index (χ2v) is 13.5. The van der Waals surface area contributed by atoms with E-state index in [9.17, 15) is 9.59 Å². The lowest BCUT2D eigenvalue weighted by molar-refractivity contribution is -0.162. The predicted octanol–water partition coefficient (Wildman–Crippen LogP) is 13.4. The summed E-state index contributed by atoms with van der Waals surface area (Å²) in [5.74, 6) is -0.502. The van der Waals surface area contributed by atoms with Gasteiger partial charge in [-0.1, -0.05) is 165 Å². The molecule has 1 unspecified atom stereocenters. The molecule has 0 rings (SSSR count). The van der Waals surface area contributed by atoms with Gasteiger partial charge >= 0.3 is 11.9 Å². The SMILES string of the molecule is CC/C=C\C/C=C\C/C=C\C/C=C\CCC(=O)OCC(COCCCCCCCC/C=C\CCCCCC)OC(=O)CCCCCCCCC. The zero-order valence-corrected chi connectivity index (χ0v) is 32.9. The molecule has 50 heavy (non-hydrogen) atoms. The van der Waals surface area contributed by atoms with Crippen molar-refractivity contribution in [2.45, 2.75) is 194 Å². The minimum Gasteiger partial charge on any atom is -0.462 e. The third-order valence-corrected chi connectivity index (χ3v) is 8.55. The standard InChI is InChI=1S/C45H78O5/c1-4-7-10-13-16-18-20-22-24-26-28-31-34-37-40-48-41-43(50-45(47)39-36-33-29-15-12-9-6-3)42-49-44(46)38-35-32-30-27-25-23-21-19-17-14-11-8-5-2/h8,11,17-20,23,25,30,32,43H,4-7,9-10,12-16,21-22,24,26-29,31,33-42H2,1-3H3/b11-8-,19-17-,20-18-,25-23-,32-30-. The Morgan fingerprint density at radius 2 is 0.940 bits per heavy atom. The van der Waals surface area contributed by atoms with Crippen molar-refractivity contribution in [1.29, 1.82) is 0 Å². The van der Waals surface area contributed by atoms with Crippen LogP contribution in [-0.2, 0) is 23.8 Å². The van der Waals surface area contributed by atoms with Crippen LogP contribution in [-0.4, -0.2) is 37.9 Å². The molecule has 0 amide bonds. The van der Waals surface area contributed by atoms with E-state index in [1.165, 1.54) is 89.9 Å². The largest absolute Gasteiger partial charge is 0.462 e. The Bertz CT molecular complexity index is 884. The molecule has 0 bridgehead atoms. The van der Waals surface area contributed by atoms with Gasteiger partial charge in [-0.2, -0.15) is 0 Å². The van der Waals surface area contributed by atoms with Crippen LogP contribution >= 0.6 is 0 Å². The van der Waals surface area contributed by atoms with Crippen molar-refractivity contribution in [3.63, 3.8) is 0 Å². The Morgan fingerprint density at radius 3 is 1.54 bits per heavy atom. The van der Waals surface area contributed by atoms with Gasteiger partial charge in [-0.15, -0.1) is 0 Å². The smallest absolute Gasteiger partial charge is 0.306 e. The second-order valence-electron chi connectivity index (χ2n) is 13.5. The van der Waals surface area contributed by atoms with Crippen LogP contribution in [0.2, 0.25) is 0 Å². The molecule has 0 heterocycles. The van der Waals surface area contributed by atoms with E-state index in [0.717, 1.165) is 57.8 Å². The summed E-state index contributed by atoms with van der Waals surface area (Å²) in [5.41, 5.74) is 0. The molecular formula is C45H78O5. The molecule has 0 aromatic heterocycles. The first-order valence-corrected chi connectivity index (χ1v) is 20.8. The van der Waals surface area contributed by atoms with Crippen LogP contribution in [0, 0.1) is 0 Å². The first-order chi connectivity index (χ1) is 24.6. The number of hydrogen-bond acceptors (Lipinski definition) is 5.